The summed E-state index contributed by atoms with van der Waals surface area (Å²) in [5.74, 6) is -0.939. The number of carboxylic acid groups (broad SMARTS) is 1. The normalized spacial score (nSPS) is 12.4. The molecule has 1 N–H and O–H groups in total. The van der Waals surface area contributed by atoms with Crippen molar-refractivity contribution in [1.29, 1.82) is 0 Å². The Labute approximate surface area is 116 Å². The van der Waals surface area contributed by atoms with Gasteiger partial charge < -0.3 is 9.67 Å². The van der Waals surface area contributed by atoms with E-state index in [0.717, 1.165) is 10.9 Å². The van der Waals surface area contributed by atoms with Crippen LogP contribution in [0.2, 0.25) is 0 Å². The van der Waals surface area contributed by atoms with Crippen LogP contribution in [-0.4, -0.2) is 20.6 Å². The fourth-order valence-corrected chi connectivity index (χ4v) is 2.49. The number of pyridine rings is 1. The van der Waals surface area contributed by atoms with Crippen LogP contribution in [0.4, 0.5) is 0 Å². The van der Waals surface area contributed by atoms with Crippen LogP contribution in [0, 0.1) is 0 Å². The highest BCUT2D eigenvalue weighted by Crippen LogP contribution is 2.26. The lowest BCUT2D eigenvalue weighted by Crippen LogP contribution is -2.14. The summed E-state index contributed by atoms with van der Waals surface area (Å²) >= 11 is 0. The van der Waals surface area contributed by atoms with Gasteiger partial charge in [0.2, 0.25) is 0 Å². The zero-order chi connectivity index (χ0) is 14.1. The van der Waals surface area contributed by atoms with E-state index in [0.29, 0.717) is 5.65 Å². The highest BCUT2D eigenvalue weighted by molar-refractivity contribution is 5.93. The molecule has 0 saturated carbocycles. The van der Waals surface area contributed by atoms with Gasteiger partial charge in [-0.2, -0.15) is 0 Å². The third kappa shape index (κ3) is 1.95. The minimum absolute atomic E-state index is 0.0882. The number of aromatic carboxylic acids is 1. The van der Waals surface area contributed by atoms with Crippen LogP contribution in [0.25, 0.3) is 11.0 Å². The summed E-state index contributed by atoms with van der Waals surface area (Å²) in [5.41, 5.74) is 2.01. The van der Waals surface area contributed by atoms with Gasteiger partial charge in [-0.05, 0) is 30.7 Å². The standard InChI is InChI=1S/C16H14N2O2/c1-11(12-6-3-2-4-7-12)18-14(16(19)20)10-13-8-5-9-17-15(13)18/h2-11H,1H3,(H,19,20). The Morgan fingerprint density at radius 2 is 1.95 bits per heavy atom. The summed E-state index contributed by atoms with van der Waals surface area (Å²) < 4.78 is 1.77. The van der Waals surface area contributed by atoms with E-state index >= 15 is 0 Å². The summed E-state index contributed by atoms with van der Waals surface area (Å²) in [6.07, 6.45) is 1.68. The number of fused-ring (bicyclic) bond motifs is 1. The SMILES string of the molecule is CC(c1ccccc1)n1c(C(=O)O)cc2cccnc21. The lowest BCUT2D eigenvalue weighted by atomic mass is 10.1. The smallest absolute Gasteiger partial charge is 0.352 e. The van der Waals surface area contributed by atoms with E-state index in [4.69, 9.17) is 0 Å². The van der Waals surface area contributed by atoms with Gasteiger partial charge in [-0.15, -0.1) is 0 Å². The number of carbonyl (C=O) groups is 1. The Bertz CT molecular complexity index is 763. The van der Waals surface area contributed by atoms with Crippen LogP contribution < -0.4 is 0 Å². The first-order valence-electron chi connectivity index (χ1n) is 6.42. The van der Waals surface area contributed by atoms with Crippen molar-refractivity contribution in [1.82, 2.24) is 9.55 Å². The molecular formula is C16H14N2O2. The van der Waals surface area contributed by atoms with Crippen LogP contribution in [0.15, 0.2) is 54.7 Å². The molecular weight excluding hydrogens is 252 g/mol. The van der Waals surface area contributed by atoms with Crippen LogP contribution in [0.1, 0.15) is 29.0 Å². The number of rotatable bonds is 3. The van der Waals surface area contributed by atoms with Crippen molar-refractivity contribution in [3.8, 4) is 0 Å². The third-order valence-electron chi connectivity index (χ3n) is 3.49. The second-order valence-electron chi connectivity index (χ2n) is 4.71. The third-order valence-corrected chi connectivity index (χ3v) is 3.49. The molecule has 0 saturated heterocycles. The van der Waals surface area contributed by atoms with Crippen molar-refractivity contribution in [2.24, 2.45) is 0 Å². The molecule has 4 heteroatoms. The Morgan fingerprint density at radius 3 is 2.65 bits per heavy atom. The number of benzene rings is 1. The van der Waals surface area contributed by atoms with Gasteiger partial charge in [-0.3, -0.25) is 0 Å². The molecule has 0 spiro atoms. The van der Waals surface area contributed by atoms with Gasteiger partial charge >= 0.3 is 5.97 Å². The van der Waals surface area contributed by atoms with Crippen LogP contribution in [0.5, 0.6) is 0 Å². The van der Waals surface area contributed by atoms with Crippen molar-refractivity contribution < 1.29 is 9.90 Å². The maximum atomic E-state index is 11.5. The Balaban J connectivity index is 2.24. The molecule has 0 bridgehead atoms. The molecule has 0 radical (unpaired) electrons. The van der Waals surface area contributed by atoms with Crippen molar-refractivity contribution in [2.45, 2.75) is 13.0 Å². The fraction of sp³-hybridized carbons (Fsp3) is 0.125. The molecule has 20 heavy (non-hydrogen) atoms. The van der Waals surface area contributed by atoms with Crippen molar-refractivity contribution in [2.75, 3.05) is 0 Å². The number of aromatic nitrogens is 2. The van der Waals surface area contributed by atoms with Crippen LogP contribution in [0.3, 0.4) is 0 Å². The zero-order valence-corrected chi connectivity index (χ0v) is 11.0. The van der Waals surface area contributed by atoms with E-state index in [9.17, 15) is 9.90 Å². The van der Waals surface area contributed by atoms with E-state index < -0.39 is 5.97 Å². The van der Waals surface area contributed by atoms with Crippen LogP contribution >= 0.6 is 0 Å². The molecule has 0 fully saturated rings. The molecule has 2 aromatic heterocycles. The average Bonchev–Trinajstić information content (AvgIpc) is 2.87. The summed E-state index contributed by atoms with van der Waals surface area (Å²) in [6.45, 7) is 1.98. The van der Waals surface area contributed by atoms with Gasteiger partial charge in [0, 0.05) is 11.6 Å². The largest absolute Gasteiger partial charge is 0.477 e. The molecule has 4 nitrogen and oxygen atoms in total. The van der Waals surface area contributed by atoms with Gasteiger partial charge in [0.05, 0.1) is 6.04 Å². The number of hydrogen-bond acceptors (Lipinski definition) is 2. The number of carboxylic acids is 1. The lowest BCUT2D eigenvalue weighted by Gasteiger charge is -2.17. The second kappa shape index (κ2) is 4.81. The summed E-state index contributed by atoms with van der Waals surface area (Å²) in [5, 5.41) is 10.3. The molecule has 0 aliphatic rings. The van der Waals surface area contributed by atoms with E-state index in [1.165, 1.54) is 0 Å². The molecule has 100 valence electrons. The second-order valence-corrected chi connectivity index (χ2v) is 4.71. The first-order chi connectivity index (χ1) is 9.68. The van der Waals surface area contributed by atoms with E-state index in [1.54, 1.807) is 16.8 Å². The summed E-state index contributed by atoms with van der Waals surface area (Å²) in [6, 6.07) is 15.1. The molecule has 0 aliphatic heterocycles. The monoisotopic (exact) mass is 266 g/mol. The Hall–Kier alpha value is -2.62. The van der Waals surface area contributed by atoms with Crippen molar-refractivity contribution in [3.05, 3.63) is 66.0 Å². The molecule has 3 aromatic rings. The first-order valence-corrected chi connectivity index (χ1v) is 6.42. The Morgan fingerprint density at radius 1 is 1.20 bits per heavy atom. The first kappa shape index (κ1) is 12.4. The van der Waals surface area contributed by atoms with Gasteiger partial charge in [0.1, 0.15) is 11.3 Å². The topological polar surface area (TPSA) is 55.1 Å². The summed E-state index contributed by atoms with van der Waals surface area (Å²) in [7, 11) is 0. The van der Waals surface area contributed by atoms with Gasteiger partial charge in [-0.1, -0.05) is 30.3 Å². The molecule has 0 aliphatic carbocycles. The predicted molar refractivity (Wildman–Crippen MR) is 76.9 cm³/mol. The molecule has 1 unspecified atom stereocenters. The highest BCUT2D eigenvalue weighted by Gasteiger charge is 2.20. The minimum atomic E-state index is -0.939. The van der Waals surface area contributed by atoms with Gasteiger partial charge in [-0.25, -0.2) is 9.78 Å². The highest BCUT2D eigenvalue weighted by atomic mass is 16.4. The molecule has 3 rings (SSSR count). The average molecular weight is 266 g/mol. The summed E-state index contributed by atoms with van der Waals surface area (Å²) in [4.78, 5) is 15.8. The zero-order valence-electron chi connectivity index (χ0n) is 11.0. The molecule has 1 atom stereocenters. The van der Waals surface area contributed by atoms with Crippen LogP contribution in [-0.2, 0) is 0 Å². The van der Waals surface area contributed by atoms with E-state index in [2.05, 4.69) is 4.98 Å². The number of hydrogen-bond donors (Lipinski definition) is 1. The minimum Gasteiger partial charge on any atom is -0.477 e. The van der Waals surface area contributed by atoms with Gasteiger partial charge in [0.15, 0.2) is 0 Å². The maximum Gasteiger partial charge on any atom is 0.352 e. The molecule has 0 amide bonds. The van der Waals surface area contributed by atoms with E-state index in [1.807, 2.05) is 49.4 Å². The maximum absolute atomic E-state index is 11.5. The lowest BCUT2D eigenvalue weighted by molar-refractivity contribution is 0.0684. The van der Waals surface area contributed by atoms with Crippen molar-refractivity contribution in [3.63, 3.8) is 0 Å². The number of nitrogens with zero attached hydrogens (tertiary/aromatic N) is 2. The Kier molecular flexibility index (Phi) is 2.99. The van der Waals surface area contributed by atoms with E-state index in [-0.39, 0.29) is 11.7 Å². The fourth-order valence-electron chi connectivity index (χ4n) is 2.49. The molecule has 2 heterocycles. The molecule has 1 aromatic carbocycles. The predicted octanol–water partition coefficient (Wildman–Crippen LogP) is 3.34. The quantitative estimate of drug-likeness (QED) is 0.791. The van der Waals surface area contributed by atoms with Crippen molar-refractivity contribution >= 4 is 17.0 Å². The van der Waals surface area contributed by atoms with Gasteiger partial charge in [0.25, 0.3) is 0 Å².